The first-order chi connectivity index (χ1) is 6.86. The van der Waals surface area contributed by atoms with Crippen molar-refractivity contribution in [3.8, 4) is 0 Å². The molecule has 2 fully saturated rings. The molecule has 1 N–H and O–H groups in total. The molecule has 0 amide bonds. The monoisotopic (exact) mass is 199 g/mol. The van der Waals surface area contributed by atoms with Crippen LogP contribution in [0.2, 0.25) is 0 Å². The summed E-state index contributed by atoms with van der Waals surface area (Å²) in [7, 11) is 0. The first-order valence-electron chi connectivity index (χ1n) is 5.80. The zero-order chi connectivity index (χ0) is 9.80. The highest BCUT2D eigenvalue weighted by atomic mass is 16.5. The molecule has 0 aromatic heterocycles. The molecule has 2 aliphatic rings. The number of hydrogen-bond acceptors (Lipinski definition) is 3. The number of ether oxygens (including phenoxy) is 2. The van der Waals surface area contributed by atoms with Crippen molar-refractivity contribution in [3.63, 3.8) is 0 Å². The summed E-state index contributed by atoms with van der Waals surface area (Å²) in [5.74, 6) is 0.644. The van der Waals surface area contributed by atoms with Gasteiger partial charge < -0.3 is 14.8 Å². The van der Waals surface area contributed by atoms with Crippen LogP contribution in [0.25, 0.3) is 0 Å². The van der Waals surface area contributed by atoms with Crippen LogP contribution in [-0.2, 0) is 9.47 Å². The maximum absolute atomic E-state index is 5.91. The average molecular weight is 199 g/mol. The van der Waals surface area contributed by atoms with Crippen molar-refractivity contribution in [1.82, 2.24) is 5.32 Å². The summed E-state index contributed by atoms with van der Waals surface area (Å²) in [6, 6.07) is 0. The number of hydrogen-bond donors (Lipinski definition) is 1. The van der Waals surface area contributed by atoms with Crippen molar-refractivity contribution in [2.75, 3.05) is 26.3 Å². The van der Waals surface area contributed by atoms with Crippen LogP contribution in [0.1, 0.15) is 26.2 Å². The van der Waals surface area contributed by atoms with Gasteiger partial charge in [0.05, 0.1) is 18.8 Å². The third-order valence-corrected chi connectivity index (χ3v) is 3.23. The van der Waals surface area contributed by atoms with E-state index in [0.717, 1.165) is 32.7 Å². The Morgan fingerprint density at radius 1 is 1.43 bits per heavy atom. The van der Waals surface area contributed by atoms with E-state index in [9.17, 15) is 0 Å². The fourth-order valence-electron chi connectivity index (χ4n) is 2.24. The topological polar surface area (TPSA) is 30.5 Å². The highest BCUT2D eigenvalue weighted by Gasteiger charge is 2.24. The van der Waals surface area contributed by atoms with E-state index in [2.05, 4.69) is 12.2 Å². The fraction of sp³-hybridized carbons (Fsp3) is 1.00. The van der Waals surface area contributed by atoms with Crippen LogP contribution >= 0.6 is 0 Å². The van der Waals surface area contributed by atoms with Crippen LogP contribution in [0.3, 0.4) is 0 Å². The minimum Gasteiger partial charge on any atom is -0.376 e. The molecule has 0 bridgehead atoms. The normalized spacial score (nSPS) is 38.8. The van der Waals surface area contributed by atoms with Crippen LogP contribution in [0, 0.1) is 5.92 Å². The van der Waals surface area contributed by atoms with Crippen molar-refractivity contribution in [2.45, 2.75) is 38.4 Å². The van der Waals surface area contributed by atoms with Gasteiger partial charge in [0.15, 0.2) is 0 Å². The highest BCUT2D eigenvalue weighted by Crippen LogP contribution is 2.18. The first-order valence-corrected chi connectivity index (χ1v) is 5.80. The second kappa shape index (κ2) is 5.10. The SMILES string of the molecule is CC1CNCCC1OCC1CCCO1. The predicted octanol–water partition coefficient (Wildman–Crippen LogP) is 1.18. The molecule has 0 radical (unpaired) electrons. The molecule has 2 heterocycles. The van der Waals surface area contributed by atoms with Gasteiger partial charge in [-0.1, -0.05) is 6.92 Å². The fourth-order valence-corrected chi connectivity index (χ4v) is 2.24. The molecule has 3 heteroatoms. The van der Waals surface area contributed by atoms with Crippen LogP contribution in [-0.4, -0.2) is 38.5 Å². The summed E-state index contributed by atoms with van der Waals surface area (Å²) in [6.07, 6.45) is 4.35. The second-order valence-electron chi connectivity index (χ2n) is 4.48. The van der Waals surface area contributed by atoms with Gasteiger partial charge in [0.1, 0.15) is 0 Å². The molecule has 3 atom stereocenters. The molecular formula is C11H21NO2. The molecule has 0 aliphatic carbocycles. The molecule has 0 aromatic rings. The second-order valence-corrected chi connectivity index (χ2v) is 4.48. The quantitative estimate of drug-likeness (QED) is 0.740. The molecule has 3 nitrogen and oxygen atoms in total. The molecule has 14 heavy (non-hydrogen) atoms. The maximum atomic E-state index is 5.91. The van der Waals surface area contributed by atoms with Gasteiger partial charge in [0.25, 0.3) is 0 Å². The lowest BCUT2D eigenvalue weighted by molar-refractivity contribution is -0.0485. The lowest BCUT2D eigenvalue weighted by Gasteiger charge is -2.30. The maximum Gasteiger partial charge on any atom is 0.0809 e. The summed E-state index contributed by atoms with van der Waals surface area (Å²) in [6.45, 7) is 6.17. The third-order valence-electron chi connectivity index (χ3n) is 3.23. The molecule has 0 spiro atoms. The van der Waals surface area contributed by atoms with E-state index in [-0.39, 0.29) is 0 Å². The Labute approximate surface area is 86.2 Å². The van der Waals surface area contributed by atoms with E-state index < -0.39 is 0 Å². The van der Waals surface area contributed by atoms with Gasteiger partial charge >= 0.3 is 0 Å². The minimum atomic E-state index is 0.372. The van der Waals surface area contributed by atoms with Crippen LogP contribution in [0.15, 0.2) is 0 Å². The smallest absolute Gasteiger partial charge is 0.0809 e. The predicted molar refractivity (Wildman–Crippen MR) is 55.4 cm³/mol. The van der Waals surface area contributed by atoms with Gasteiger partial charge in [0.2, 0.25) is 0 Å². The van der Waals surface area contributed by atoms with Gasteiger partial charge in [-0.3, -0.25) is 0 Å². The Hall–Kier alpha value is -0.120. The Kier molecular flexibility index (Phi) is 3.79. The number of nitrogens with one attached hydrogen (secondary N) is 1. The molecule has 2 saturated heterocycles. The summed E-state index contributed by atoms with van der Waals surface area (Å²) in [5, 5.41) is 3.38. The summed E-state index contributed by atoms with van der Waals surface area (Å²) in [5.41, 5.74) is 0. The van der Waals surface area contributed by atoms with Crippen molar-refractivity contribution >= 4 is 0 Å². The molecular weight excluding hydrogens is 178 g/mol. The van der Waals surface area contributed by atoms with Crippen molar-refractivity contribution in [1.29, 1.82) is 0 Å². The highest BCUT2D eigenvalue weighted by molar-refractivity contribution is 4.76. The lowest BCUT2D eigenvalue weighted by Crippen LogP contribution is -2.40. The van der Waals surface area contributed by atoms with Crippen LogP contribution in [0.5, 0.6) is 0 Å². The zero-order valence-electron chi connectivity index (χ0n) is 9.00. The van der Waals surface area contributed by atoms with E-state index in [1.165, 1.54) is 12.8 Å². The van der Waals surface area contributed by atoms with Crippen molar-refractivity contribution in [3.05, 3.63) is 0 Å². The van der Waals surface area contributed by atoms with Crippen LogP contribution < -0.4 is 5.32 Å². The minimum absolute atomic E-state index is 0.372. The lowest BCUT2D eigenvalue weighted by atomic mass is 9.98. The van der Waals surface area contributed by atoms with Gasteiger partial charge in [-0.05, 0) is 31.7 Å². The largest absolute Gasteiger partial charge is 0.376 e. The summed E-state index contributed by atoms with van der Waals surface area (Å²) >= 11 is 0. The molecule has 0 saturated carbocycles. The van der Waals surface area contributed by atoms with Gasteiger partial charge in [-0.25, -0.2) is 0 Å². The molecule has 82 valence electrons. The molecule has 2 aliphatic heterocycles. The summed E-state index contributed by atoms with van der Waals surface area (Å²) in [4.78, 5) is 0. The Morgan fingerprint density at radius 3 is 3.07 bits per heavy atom. The Bertz CT molecular complexity index is 169. The Morgan fingerprint density at radius 2 is 2.36 bits per heavy atom. The van der Waals surface area contributed by atoms with Crippen molar-refractivity contribution < 1.29 is 9.47 Å². The van der Waals surface area contributed by atoms with Gasteiger partial charge in [-0.2, -0.15) is 0 Å². The molecule has 3 unspecified atom stereocenters. The van der Waals surface area contributed by atoms with E-state index in [1.807, 2.05) is 0 Å². The summed E-state index contributed by atoms with van der Waals surface area (Å²) < 4.78 is 11.5. The van der Waals surface area contributed by atoms with Gasteiger partial charge in [-0.15, -0.1) is 0 Å². The van der Waals surface area contributed by atoms with Gasteiger partial charge in [0, 0.05) is 13.2 Å². The van der Waals surface area contributed by atoms with E-state index >= 15 is 0 Å². The molecule has 0 aromatic carbocycles. The standard InChI is InChI=1S/C11H21NO2/c1-9-7-12-5-4-11(9)14-8-10-3-2-6-13-10/h9-12H,2-8H2,1H3. The first kappa shape index (κ1) is 10.4. The Balaban J connectivity index is 1.67. The molecule has 2 rings (SSSR count). The zero-order valence-corrected chi connectivity index (χ0v) is 9.00. The number of rotatable bonds is 3. The van der Waals surface area contributed by atoms with E-state index in [0.29, 0.717) is 18.1 Å². The van der Waals surface area contributed by atoms with E-state index in [4.69, 9.17) is 9.47 Å². The van der Waals surface area contributed by atoms with Crippen LogP contribution in [0.4, 0.5) is 0 Å². The van der Waals surface area contributed by atoms with E-state index in [1.54, 1.807) is 0 Å². The van der Waals surface area contributed by atoms with Crippen molar-refractivity contribution in [2.24, 2.45) is 5.92 Å². The number of piperidine rings is 1. The third kappa shape index (κ3) is 2.69. The average Bonchev–Trinajstić information content (AvgIpc) is 2.69.